The maximum atomic E-state index is 13.0. The molecule has 1 N–H and O–H groups in total. The number of aromatic nitrogens is 3. The van der Waals surface area contributed by atoms with Crippen LogP contribution >= 0.6 is 0 Å². The number of amides is 1. The van der Waals surface area contributed by atoms with Crippen LogP contribution in [-0.4, -0.2) is 39.3 Å². The summed E-state index contributed by atoms with van der Waals surface area (Å²) in [5.74, 6) is -2.79. The molecule has 0 radical (unpaired) electrons. The van der Waals surface area contributed by atoms with Crippen molar-refractivity contribution in [1.82, 2.24) is 20.0 Å². The molecule has 10 heteroatoms. The van der Waals surface area contributed by atoms with Crippen molar-refractivity contribution in [2.45, 2.75) is 38.8 Å². The Morgan fingerprint density at radius 1 is 1.24 bits per heavy atom. The molecule has 0 saturated heterocycles. The first-order chi connectivity index (χ1) is 15.8. The van der Waals surface area contributed by atoms with Gasteiger partial charge in [-0.1, -0.05) is 13.3 Å². The fourth-order valence-corrected chi connectivity index (χ4v) is 3.87. The highest BCUT2D eigenvalue weighted by atomic mass is 19.4. The molecule has 1 aliphatic heterocycles. The first-order valence-corrected chi connectivity index (χ1v) is 10.5. The predicted molar refractivity (Wildman–Crippen MR) is 113 cm³/mol. The molecule has 1 amide bonds. The standard InChI is InChI=1S/C23H21F3N4O3/c1-2-3-6-16-15(7-10-28-20(16)14-5-4-9-27-13-14)19-12-17-18(8-11-29-21(17)31)30(19)33-22(32)23(24,25)26/h4-5,7,9-10,12-13H,2-3,6,8,11H2,1H3,(H,29,31). The van der Waals surface area contributed by atoms with Crippen LogP contribution in [0.25, 0.3) is 22.5 Å². The number of unbranched alkanes of at least 4 members (excludes halogenated alkanes) is 1. The van der Waals surface area contributed by atoms with Crippen molar-refractivity contribution in [2.24, 2.45) is 0 Å². The van der Waals surface area contributed by atoms with Crippen molar-refractivity contribution in [3.05, 3.63) is 59.7 Å². The second-order valence-electron chi connectivity index (χ2n) is 7.60. The van der Waals surface area contributed by atoms with Crippen molar-refractivity contribution in [2.75, 3.05) is 6.54 Å². The van der Waals surface area contributed by atoms with Gasteiger partial charge in [0, 0.05) is 42.7 Å². The molecule has 0 saturated carbocycles. The number of fused-ring (bicyclic) bond motifs is 1. The summed E-state index contributed by atoms with van der Waals surface area (Å²) >= 11 is 0. The van der Waals surface area contributed by atoms with Crippen LogP contribution < -0.4 is 10.2 Å². The van der Waals surface area contributed by atoms with Crippen molar-refractivity contribution in [3.8, 4) is 22.5 Å². The maximum absolute atomic E-state index is 13.0. The van der Waals surface area contributed by atoms with E-state index in [0.29, 0.717) is 17.7 Å². The highest BCUT2D eigenvalue weighted by Crippen LogP contribution is 2.35. The SMILES string of the molecule is CCCCc1c(-c2cc3c(n2OC(=O)C(F)(F)F)CCNC3=O)ccnc1-c1cccnc1. The number of pyridine rings is 2. The molecular formula is C23H21F3N4O3. The Bertz CT molecular complexity index is 1190. The molecule has 0 spiro atoms. The zero-order valence-electron chi connectivity index (χ0n) is 17.8. The fourth-order valence-electron chi connectivity index (χ4n) is 3.87. The summed E-state index contributed by atoms with van der Waals surface area (Å²) in [6, 6.07) is 6.73. The van der Waals surface area contributed by atoms with Gasteiger partial charge in [-0.15, -0.1) is 0 Å². The van der Waals surface area contributed by atoms with E-state index in [1.807, 2.05) is 13.0 Å². The summed E-state index contributed by atoms with van der Waals surface area (Å²) in [4.78, 5) is 37.6. The number of nitrogens with one attached hydrogen (secondary N) is 1. The van der Waals surface area contributed by atoms with E-state index in [1.54, 1.807) is 24.5 Å². The van der Waals surface area contributed by atoms with Crippen molar-refractivity contribution in [3.63, 3.8) is 0 Å². The van der Waals surface area contributed by atoms with Gasteiger partial charge in [-0.2, -0.15) is 17.9 Å². The number of hydrogen-bond acceptors (Lipinski definition) is 5. The Labute approximate surface area is 187 Å². The molecule has 0 aliphatic carbocycles. The molecule has 0 aromatic carbocycles. The number of rotatable bonds is 6. The topological polar surface area (TPSA) is 86.1 Å². The molecule has 0 unspecified atom stereocenters. The second kappa shape index (κ2) is 9.05. The summed E-state index contributed by atoms with van der Waals surface area (Å²) < 4.78 is 39.9. The molecule has 4 rings (SSSR count). The lowest BCUT2D eigenvalue weighted by molar-refractivity contribution is -0.199. The molecule has 0 fully saturated rings. The number of nitrogens with zero attached hydrogens (tertiary/aromatic N) is 3. The molecule has 0 atom stereocenters. The van der Waals surface area contributed by atoms with Gasteiger partial charge >= 0.3 is 12.1 Å². The Kier molecular flexibility index (Phi) is 6.17. The van der Waals surface area contributed by atoms with E-state index in [-0.39, 0.29) is 29.9 Å². The quantitative estimate of drug-likeness (QED) is 0.608. The van der Waals surface area contributed by atoms with E-state index in [2.05, 4.69) is 15.3 Å². The van der Waals surface area contributed by atoms with Crippen LogP contribution in [0, 0.1) is 0 Å². The summed E-state index contributed by atoms with van der Waals surface area (Å²) in [5, 5.41) is 2.66. The molecule has 7 nitrogen and oxygen atoms in total. The van der Waals surface area contributed by atoms with Crippen molar-refractivity contribution >= 4 is 11.9 Å². The van der Waals surface area contributed by atoms with E-state index in [9.17, 15) is 22.8 Å². The minimum Gasteiger partial charge on any atom is -0.352 e. The first-order valence-electron chi connectivity index (χ1n) is 10.5. The van der Waals surface area contributed by atoms with E-state index >= 15 is 0 Å². The molecule has 3 aromatic heterocycles. The lowest BCUT2D eigenvalue weighted by atomic mass is 9.95. The van der Waals surface area contributed by atoms with E-state index in [0.717, 1.165) is 28.7 Å². The molecule has 0 bridgehead atoms. The van der Waals surface area contributed by atoms with Gasteiger partial charge in [0.15, 0.2) is 0 Å². The number of halogens is 3. The average Bonchev–Trinajstić information content (AvgIpc) is 3.17. The molecular weight excluding hydrogens is 437 g/mol. The van der Waals surface area contributed by atoms with Gasteiger partial charge in [-0.3, -0.25) is 14.8 Å². The Balaban J connectivity index is 1.93. The number of alkyl halides is 3. The Morgan fingerprint density at radius 2 is 2.06 bits per heavy atom. The normalized spacial score (nSPS) is 13.4. The highest BCUT2D eigenvalue weighted by Gasteiger charge is 2.43. The molecule has 172 valence electrons. The van der Waals surface area contributed by atoms with E-state index in [1.165, 1.54) is 12.3 Å². The molecule has 3 aromatic rings. The lowest BCUT2D eigenvalue weighted by Gasteiger charge is -2.19. The van der Waals surface area contributed by atoms with Gasteiger partial charge in [0.05, 0.1) is 22.6 Å². The summed E-state index contributed by atoms with van der Waals surface area (Å²) in [7, 11) is 0. The minimum atomic E-state index is -5.19. The number of carbonyl (C=O) groups is 2. The first kappa shape index (κ1) is 22.5. The molecule has 4 heterocycles. The van der Waals surface area contributed by atoms with Crippen LogP contribution in [0.1, 0.15) is 41.4 Å². The van der Waals surface area contributed by atoms with Gasteiger partial charge in [0.25, 0.3) is 5.91 Å². The number of carbonyl (C=O) groups excluding carboxylic acids is 2. The summed E-state index contributed by atoms with van der Waals surface area (Å²) in [6.45, 7) is 2.25. The minimum absolute atomic E-state index is 0.174. The van der Waals surface area contributed by atoms with Gasteiger partial charge in [0.2, 0.25) is 0 Å². The van der Waals surface area contributed by atoms with Crippen LogP contribution in [-0.2, 0) is 17.6 Å². The largest absolute Gasteiger partial charge is 0.493 e. The average molecular weight is 458 g/mol. The second-order valence-corrected chi connectivity index (χ2v) is 7.60. The third-order valence-corrected chi connectivity index (χ3v) is 5.40. The zero-order valence-corrected chi connectivity index (χ0v) is 17.8. The lowest BCUT2D eigenvalue weighted by Crippen LogP contribution is -2.37. The van der Waals surface area contributed by atoms with Crippen LogP contribution in [0.4, 0.5) is 13.2 Å². The van der Waals surface area contributed by atoms with Crippen LogP contribution in [0.15, 0.2) is 42.9 Å². The van der Waals surface area contributed by atoms with E-state index in [4.69, 9.17) is 4.84 Å². The molecule has 33 heavy (non-hydrogen) atoms. The van der Waals surface area contributed by atoms with E-state index < -0.39 is 18.1 Å². The third kappa shape index (κ3) is 4.46. The monoisotopic (exact) mass is 458 g/mol. The smallest absolute Gasteiger partial charge is 0.352 e. The van der Waals surface area contributed by atoms with Gasteiger partial charge in [0.1, 0.15) is 0 Å². The predicted octanol–water partition coefficient (Wildman–Crippen LogP) is 3.76. The van der Waals surface area contributed by atoms with Gasteiger partial charge < -0.3 is 10.2 Å². The van der Waals surface area contributed by atoms with Crippen molar-refractivity contribution < 1.29 is 27.6 Å². The maximum Gasteiger partial charge on any atom is 0.493 e. The van der Waals surface area contributed by atoms with Gasteiger partial charge in [-0.05, 0) is 42.7 Å². The van der Waals surface area contributed by atoms with Crippen LogP contribution in [0.3, 0.4) is 0 Å². The fraction of sp³-hybridized carbons (Fsp3) is 0.304. The number of hydrogen-bond donors (Lipinski definition) is 1. The molecule has 1 aliphatic rings. The highest BCUT2D eigenvalue weighted by molar-refractivity contribution is 5.98. The third-order valence-electron chi connectivity index (χ3n) is 5.40. The van der Waals surface area contributed by atoms with Gasteiger partial charge in [-0.25, -0.2) is 4.79 Å². The van der Waals surface area contributed by atoms with Crippen LogP contribution in [0.2, 0.25) is 0 Å². The van der Waals surface area contributed by atoms with Crippen LogP contribution in [0.5, 0.6) is 0 Å². The van der Waals surface area contributed by atoms with Crippen molar-refractivity contribution in [1.29, 1.82) is 0 Å². The Morgan fingerprint density at radius 3 is 2.76 bits per heavy atom. The zero-order chi connectivity index (χ0) is 23.6. The Hall–Kier alpha value is -3.69. The summed E-state index contributed by atoms with van der Waals surface area (Å²) in [6.07, 6.45) is 2.12. The summed E-state index contributed by atoms with van der Waals surface area (Å²) in [5.41, 5.74) is 3.26.